The van der Waals surface area contributed by atoms with Crippen LogP contribution in [0.5, 0.6) is 5.75 Å². The summed E-state index contributed by atoms with van der Waals surface area (Å²) in [7, 11) is 0. The summed E-state index contributed by atoms with van der Waals surface area (Å²) in [5, 5.41) is 0. The molecular weight excluding hydrogens is 391 g/mol. The van der Waals surface area contributed by atoms with E-state index >= 15 is 0 Å². The average molecular weight is 402 g/mol. The number of carbonyl (C=O) groups is 1. The van der Waals surface area contributed by atoms with Crippen LogP contribution in [-0.4, -0.2) is 5.78 Å². The second kappa shape index (κ2) is 6.50. The monoisotopic (exact) mass is 400 g/mol. The summed E-state index contributed by atoms with van der Waals surface area (Å²) in [6, 6.07) is 9.92. The van der Waals surface area contributed by atoms with Gasteiger partial charge < -0.3 is 4.74 Å². The number of Topliss-reactive ketones (excluding diaryl/α,β-unsaturated/α-hetero) is 1. The Labute approximate surface area is 133 Å². The molecule has 0 aliphatic rings. The molecule has 20 heavy (non-hydrogen) atoms. The first kappa shape index (κ1) is 15.2. The van der Waals surface area contributed by atoms with Crippen molar-refractivity contribution in [3.8, 4) is 5.75 Å². The summed E-state index contributed by atoms with van der Waals surface area (Å²) in [4.78, 5) is 11.5. The van der Waals surface area contributed by atoms with E-state index in [0.29, 0.717) is 21.3 Å². The summed E-state index contributed by atoms with van der Waals surface area (Å²) >= 11 is 6.52. The molecule has 0 N–H and O–H groups in total. The standard InChI is InChI=1S/C15H11Br2FO2/c1-9(19)13-5-4-12(17)7-15(13)20-8-10-2-3-11(16)6-14(10)18/h2-7H,8H2,1H3. The van der Waals surface area contributed by atoms with E-state index in [-0.39, 0.29) is 18.2 Å². The van der Waals surface area contributed by atoms with Gasteiger partial charge in [-0.3, -0.25) is 4.79 Å². The smallest absolute Gasteiger partial charge is 0.163 e. The van der Waals surface area contributed by atoms with Gasteiger partial charge in [0.15, 0.2) is 5.78 Å². The normalized spacial score (nSPS) is 10.4. The number of carbonyl (C=O) groups excluding carboxylic acids is 1. The molecule has 104 valence electrons. The van der Waals surface area contributed by atoms with Crippen molar-refractivity contribution in [1.29, 1.82) is 0 Å². The van der Waals surface area contributed by atoms with Gasteiger partial charge in [-0.1, -0.05) is 37.9 Å². The lowest BCUT2D eigenvalue weighted by molar-refractivity contribution is 0.101. The average Bonchev–Trinajstić information content (AvgIpc) is 2.37. The number of ether oxygens (including phenoxy) is 1. The fraction of sp³-hybridized carbons (Fsp3) is 0.133. The number of hydrogen-bond acceptors (Lipinski definition) is 2. The van der Waals surface area contributed by atoms with Crippen LogP contribution in [0, 0.1) is 5.82 Å². The Bertz CT molecular complexity index is 656. The molecule has 0 heterocycles. The third kappa shape index (κ3) is 3.67. The van der Waals surface area contributed by atoms with Crippen molar-refractivity contribution in [2.24, 2.45) is 0 Å². The molecule has 2 rings (SSSR count). The molecule has 0 atom stereocenters. The SMILES string of the molecule is CC(=O)c1ccc(Br)cc1OCc1ccc(Br)cc1F. The second-order valence-corrected chi connectivity index (χ2v) is 6.05. The van der Waals surface area contributed by atoms with Gasteiger partial charge in [-0.15, -0.1) is 0 Å². The third-order valence-electron chi connectivity index (χ3n) is 2.72. The van der Waals surface area contributed by atoms with Crippen LogP contribution in [0.4, 0.5) is 4.39 Å². The van der Waals surface area contributed by atoms with E-state index in [9.17, 15) is 9.18 Å². The molecule has 5 heteroatoms. The minimum absolute atomic E-state index is 0.0653. The van der Waals surface area contributed by atoms with Crippen LogP contribution in [0.25, 0.3) is 0 Å². The van der Waals surface area contributed by atoms with E-state index in [4.69, 9.17) is 4.74 Å². The van der Waals surface area contributed by atoms with Gasteiger partial charge in [0.05, 0.1) is 5.56 Å². The van der Waals surface area contributed by atoms with Crippen LogP contribution >= 0.6 is 31.9 Å². The highest BCUT2D eigenvalue weighted by Crippen LogP contribution is 2.26. The van der Waals surface area contributed by atoms with E-state index in [0.717, 1.165) is 4.47 Å². The van der Waals surface area contributed by atoms with E-state index in [1.54, 1.807) is 30.3 Å². The topological polar surface area (TPSA) is 26.3 Å². The highest BCUT2D eigenvalue weighted by Gasteiger charge is 2.10. The van der Waals surface area contributed by atoms with E-state index in [2.05, 4.69) is 31.9 Å². The van der Waals surface area contributed by atoms with Crippen molar-refractivity contribution in [3.05, 3.63) is 62.3 Å². The third-order valence-corrected chi connectivity index (χ3v) is 3.71. The lowest BCUT2D eigenvalue weighted by atomic mass is 10.1. The van der Waals surface area contributed by atoms with Gasteiger partial charge in [-0.2, -0.15) is 0 Å². The molecule has 0 unspecified atom stereocenters. The molecule has 0 spiro atoms. The van der Waals surface area contributed by atoms with Gasteiger partial charge >= 0.3 is 0 Å². The van der Waals surface area contributed by atoms with Crippen LogP contribution in [-0.2, 0) is 6.61 Å². The molecule has 0 aromatic heterocycles. The number of benzene rings is 2. The molecule has 0 bridgehead atoms. The van der Waals surface area contributed by atoms with E-state index in [1.165, 1.54) is 13.0 Å². The molecule has 0 saturated carbocycles. The molecule has 0 aliphatic heterocycles. The minimum Gasteiger partial charge on any atom is -0.488 e. The lowest BCUT2D eigenvalue weighted by Crippen LogP contribution is -2.03. The zero-order valence-electron chi connectivity index (χ0n) is 10.6. The van der Waals surface area contributed by atoms with Crippen molar-refractivity contribution >= 4 is 37.6 Å². The first-order valence-electron chi connectivity index (χ1n) is 5.84. The van der Waals surface area contributed by atoms with E-state index in [1.807, 2.05) is 0 Å². The molecule has 2 aromatic rings. The van der Waals surface area contributed by atoms with Crippen molar-refractivity contribution < 1.29 is 13.9 Å². The van der Waals surface area contributed by atoms with Crippen molar-refractivity contribution in [2.45, 2.75) is 13.5 Å². The van der Waals surface area contributed by atoms with Gasteiger partial charge in [0, 0.05) is 14.5 Å². The highest BCUT2D eigenvalue weighted by atomic mass is 79.9. The molecule has 2 nitrogen and oxygen atoms in total. The van der Waals surface area contributed by atoms with Crippen LogP contribution in [0.2, 0.25) is 0 Å². The summed E-state index contributed by atoms with van der Waals surface area (Å²) in [6.45, 7) is 1.53. The lowest BCUT2D eigenvalue weighted by Gasteiger charge is -2.11. The second-order valence-electron chi connectivity index (χ2n) is 4.22. The van der Waals surface area contributed by atoms with Crippen molar-refractivity contribution in [2.75, 3.05) is 0 Å². The summed E-state index contributed by atoms with van der Waals surface area (Å²) in [6.07, 6.45) is 0. The van der Waals surface area contributed by atoms with Crippen LogP contribution in [0.1, 0.15) is 22.8 Å². The van der Waals surface area contributed by atoms with Gasteiger partial charge in [-0.25, -0.2) is 4.39 Å². The van der Waals surface area contributed by atoms with Gasteiger partial charge in [0.25, 0.3) is 0 Å². The summed E-state index contributed by atoms with van der Waals surface area (Å²) in [5.74, 6) is -0.00304. The zero-order chi connectivity index (χ0) is 14.7. The summed E-state index contributed by atoms with van der Waals surface area (Å²) < 4.78 is 20.8. The highest BCUT2D eigenvalue weighted by molar-refractivity contribution is 9.10. The molecule has 0 saturated heterocycles. The first-order chi connectivity index (χ1) is 9.47. The quantitative estimate of drug-likeness (QED) is 0.663. The summed E-state index contributed by atoms with van der Waals surface area (Å²) in [5.41, 5.74) is 0.911. The molecular formula is C15H11Br2FO2. The van der Waals surface area contributed by atoms with Gasteiger partial charge in [0.1, 0.15) is 18.2 Å². The Balaban J connectivity index is 2.22. The molecule has 0 fully saturated rings. The fourth-order valence-electron chi connectivity index (χ4n) is 1.70. The maximum absolute atomic E-state index is 13.7. The molecule has 0 radical (unpaired) electrons. The van der Waals surface area contributed by atoms with Crippen LogP contribution in [0.3, 0.4) is 0 Å². The Kier molecular flexibility index (Phi) is 4.94. The Morgan fingerprint density at radius 3 is 2.45 bits per heavy atom. The van der Waals surface area contributed by atoms with Crippen molar-refractivity contribution in [3.63, 3.8) is 0 Å². The largest absolute Gasteiger partial charge is 0.488 e. The maximum atomic E-state index is 13.7. The van der Waals surface area contributed by atoms with Crippen LogP contribution < -0.4 is 4.74 Å². The van der Waals surface area contributed by atoms with Crippen LogP contribution in [0.15, 0.2) is 45.3 Å². The maximum Gasteiger partial charge on any atom is 0.163 e. The predicted molar refractivity (Wildman–Crippen MR) is 82.6 cm³/mol. The first-order valence-corrected chi connectivity index (χ1v) is 7.43. The Morgan fingerprint density at radius 2 is 1.80 bits per heavy atom. The molecule has 0 amide bonds. The molecule has 2 aromatic carbocycles. The predicted octanol–water partition coefficient (Wildman–Crippen LogP) is 5.13. The van der Waals surface area contributed by atoms with E-state index < -0.39 is 0 Å². The Hall–Kier alpha value is -1.20. The van der Waals surface area contributed by atoms with Crippen molar-refractivity contribution in [1.82, 2.24) is 0 Å². The zero-order valence-corrected chi connectivity index (χ0v) is 13.8. The number of halogens is 3. The molecule has 0 aliphatic carbocycles. The van der Waals surface area contributed by atoms with Gasteiger partial charge in [-0.05, 0) is 37.3 Å². The van der Waals surface area contributed by atoms with Gasteiger partial charge in [0.2, 0.25) is 0 Å². The Morgan fingerprint density at radius 1 is 1.15 bits per heavy atom. The number of ketones is 1. The minimum atomic E-state index is -0.348. The number of rotatable bonds is 4. The fourth-order valence-corrected chi connectivity index (χ4v) is 2.37. The number of hydrogen-bond donors (Lipinski definition) is 0.